The van der Waals surface area contributed by atoms with Gasteiger partial charge in [-0.2, -0.15) is 0 Å². The number of fused-ring (bicyclic) bond motifs is 7. The Labute approximate surface area is 135 Å². The van der Waals surface area contributed by atoms with Crippen molar-refractivity contribution in [2.45, 2.75) is 5.41 Å². The molecule has 1 spiro atoms. The van der Waals surface area contributed by atoms with Gasteiger partial charge < -0.3 is 0 Å². The molecule has 6 rings (SSSR count). The molecule has 0 heteroatoms. The number of hydrogen-bond acceptors (Lipinski definition) is 0. The largest absolute Gasteiger partial charge is 0.0731 e. The molecular weight excluding hydrogens is 276 g/mol. The van der Waals surface area contributed by atoms with Gasteiger partial charge in [0.2, 0.25) is 0 Å². The predicted molar refractivity (Wildman–Crippen MR) is 93.6 cm³/mol. The van der Waals surface area contributed by atoms with Gasteiger partial charge in [0.15, 0.2) is 0 Å². The van der Waals surface area contributed by atoms with Gasteiger partial charge in [0.1, 0.15) is 0 Å². The summed E-state index contributed by atoms with van der Waals surface area (Å²) in [4.78, 5) is 0. The normalized spacial score (nSPS) is 15.3. The van der Waals surface area contributed by atoms with Crippen molar-refractivity contribution in [3.05, 3.63) is 107 Å². The van der Waals surface area contributed by atoms with Gasteiger partial charge in [-0.3, -0.25) is 0 Å². The molecule has 0 nitrogen and oxygen atoms in total. The van der Waals surface area contributed by atoms with E-state index in [0.29, 0.717) is 0 Å². The Morgan fingerprint density at radius 2 is 1.30 bits per heavy atom. The van der Waals surface area contributed by atoms with Gasteiger partial charge in [-0.15, -0.1) is 0 Å². The molecule has 0 atom stereocenters. The van der Waals surface area contributed by atoms with Crippen molar-refractivity contribution in [3.63, 3.8) is 0 Å². The van der Waals surface area contributed by atoms with Crippen LogP contribution in [0.25, 0.3) is 21.9 Å². The monoisotopic (exact) mass is 289 g/mol. The van der Waals surface area contributed by atoms with Crippen molar-refractivity contribution >= 4 is 10.8 Å². The second-order valence-corrected chi connectivity index (χ2v) is 6.46. The molecule has 2 aliphatic carbocycles. The fourth-order valence-corrected chi connectivity index (χ4v) is 4.76. The molecular formula is C23H13. The van der Waals surface area contributed by atoms with E-state index >= 15 is 0 Å². The van der Waals surface area contributed by atoms with Crippen molar-refractivity contribution in [2.24, 2.45) is 0 Å². The zero-order valence-corrected chi connectivity index (χ0v) is 12.5. The van der Waals surface area contributed by atoms with Gasteiger partial charge >= 0.3 is 0 Å². The lowest BCUT2D eigenvalue weighted by molar-refractivity contribution is 0.744. The van der Waals surface area contributed by atoms with Gasteiger partial charge in [-0.25, -0.2) is 0 Å². The molecule has 4 aromatic carbocycles. The van der Waals surface area contributed by atoms with Crippen LogP contribution in [0.5, 0.6) is 0 Å². The molecule has 0 saturated carbocycles. The highest BCUT2D eigenvalue weighted by molar-refractivity contribution is 6.04. The highest BCUT2D eigenvalue weighted by Gasteiger charge is 2.52. The highest BCUT2D eigenvalue weighted by atomic mass is 14.5. The van der Waals surface area contributed by atoms with Crippen molar-refractivity contribution in [1.29, 1.82) is 0 Å². The zero-order chi connectivity index (χ0) is 15.0. The van der Waals surface area contributed by atoms with E-state index in [4.69, 9.17) is 0 Å². The summed E-state index contributed by atoms with van der Waals surface area (Å²) < 4.78 is 0. The molecule has 0 fully saturated rings. The first-order valence-corrected chi connectivity index (χ1v) is 8.06. The first-order chi connectivity index (χ1) is 11.4. The number of rotatable bonds is 0. The molecule has 0 bridgehead atoms. The minimum atomic E-state index is -0.122. The third-order valence-corrected chi connectivity index (χ3v) is 5.57. The maximum absolute atomic E-state index is 3.57. The predicted octanol–water partition coefficient (Wildman–Crippen LogP) is 5.32. The van der Waals surface area contributed by atoms with E-state index in [0.717, 1.165) is 0 Å². The van der Waals surface area contributed by atoms with E-state index in [1.807, 2.05) is 6.07 Å². The van der Waals surface area contributed by atoms with Crippen LogP contribution in [0.15, 0.2) is 78.9 Å². The standard InChI is InChI=1S/C23H13/c1-3-11-18-16(9-1)17-10-2-4-12-19(17)23(18)20-13-5-7-15-8-6-14-21(23)22(15)20/h1-11,13-14H. The van der Waals surface area contributed by atoms with E-state index in [2.05, 4.69) is 78.9 Å². The molecule has 0 N–H and O–H groups in total. The Morgan fingerprint density at radius 1 is 0.609 bits per heavy atom. The fraction of sp³-hybridized carbons (Fsp3) is 0.0435. The lowest BCUT2D eigenvalue weighted by atomic mass is 9.58. The van der Waals surface area contributed by atoms with E-state index in [1.54, 1.807) is 0 Å². The number of hydrogen-bond donors (Lipinski definition) is 0. The third-order valence-electron chi connectivity index (χ3n) is 5.57. The van der Waals surface area contributed by atoms with Crippen molar-refractivity contribution in [3.8, 4) is 11.1 Å². The topological polar surface area (TPSA) is 0 Å². The summed E-state index contributed by atoms with van der Waals surface area (Å²) in [5, 5.41) is 2.77. The summed E-state index contributed by atoms with van der Waals surface area (Å²) in [5.41, 5.74) is 8.14. The zero-order valence-electron chi connectivity index (χ0n) is 12.5. The molecule has 4 aromatic rings. The van der Waals surface area contributed by atoms with Crippen LogP contribution in [0.4, 0.5) is 0 Å². The smallest absolute Gasteiger partial charge is 0.0619 e. The summed E-state index contributed by atoms with van der Waals surface area (Å²) in [7, 11) is 0. The second kappa shape index (κ2) is 3.72. The molecule has 0 unspecified atom stereocenters. The van der Waals surface area contributed by atoms with Crippen LogP contribution in [0.1, 0.15) is 22.3 Å². The van der Waals surface area contributed by atoms with Crippen LogP contribution >= 0.6 is 0 Å². The average molecular weight is 289 g/mol. The Bertz CT molecular complexity index is 1030. The minimum Gasteiger partial charge on any atom is -0.0619 e. The molecule has 1 radical (unpaired) electrons. The second-order valence-electron chi connectivity index (χ2n) is 6.46. The van der Waals surface area contributed by atoms with E-state index in [9.17, 15) is 0 Å². The Balaban J connectivity index is 1.85. The molecule has 2 aliphatic rings. The molecule has 23 heavy (non-hydrogen) atoms. The quantitative estimate of drug-likeness (QED) is 0.355. The third kappa shape index (κ3) is 1.11. The molecule has 0 saturated heterocycles. The lowest BCUT2D eigenvalue weighted by Crippen LogP contribution is -2.36. The maximum Gasteiger partial charge on any atom is 0.0731 e. The van der Waals surface area contributed by atoms with Crippen molar-refractivity contribution < 1.29 is 0 Å². The summed E-state index contributed by atoms with van der Waals surface area (Å²) in [6, 6.07) is 32.2. The summed E-state index contributed by atoms with van der Waals surface area (Å²) in [5.74, 6) is 0. The van der Waals surface area contributed by atoms with Gasteiger partial charge in [0.05, 0.1) is 5.41 Å². The first kappa shape index (κ1) is 11.7. The van der Waals surface area contributed by atoms with E-state index < -0.39 is 0 Å². The Morgan fingerprint density at radius 3 is 2.13 bits per heavy atom. The molecule has 0 amide bonds. The molecule has 0 aliphatic heterocycles. The van der Waals surface area contributed by atoms with Crippen LogP contribution in [0.2, 0.25) is 0 Å². The summed E-state index contributed by atoms with van der Waals surface area (Å²) >= 11 is 0. The van der Waals surface area contributed by atoms with Crippen LogP contribution < -0.4 is 0 Å². The van der Waals surface area contributed by atoms with Gasteiger partial charge in [0.25, 0.3) is 0 Å². The fourth-order valence-electron chi connectivity index (χ4n) is 4.76. The van der Waals surface area contributed by atoms with Crippen molar-refractivity contribution in [2.75, 3.05) is 0 Å². The van der Waals surface area contributed by atoms with Crippen LogP contribution in [-0.2, 0) is 5.41 Å². The SMILES string of the molecule is [c]1cccc2c1C1(c3ccccc3-2)c2cccc3cccc1c23. The van der Waals surface area contributed by atoms with Gasteiger partial charge in [-0.05, 0) is 50.2 Å². The van der Waals surface area contributed by atoms with Crippen LogP contribution in [-0.4, -0.2) is 0 Å². The molecule has 0 heterocycles. The highest BCUT2D eigenvalue weighted by Crippen LogP contribution is 2.63. The number of benzene rings is 4. The maximum atomic E-state index is 3.57. The summed E-state index contributed by atoms with van der Waals surface area (Å²) in [6.45, 7) is 0. The Hall–Kier alpha value is -2.86. The van der Waals surface area contributed by atoms with E-state index in [1.165, 1.54) is 44.2 Å². The summed E-state index contributed by atoms with van der Waals surface area (Å²) in [6.07, 6.45) is 0. The van der Waals surface area contributed by atoms with Crippen LogP contribution in [0.3, 0.4) is 0 Å². The molecule has 105 valence electrons. The Kier molecular flexibility index (Phi) is 1.89. The van der Waals surface area contributed by atoms with Crippen LogP contribution in [0, 0.1) is 6.07 Å². The van der Waals surface area contributed by atoms with E-state index in [-0.39, 0.29) is 5.41 Å². The average Bonchev–Trinajstić information content (AvgIpc) is 2.93. The van der Waals surface area contributed by atoms with Gasteiger partial charge in [0, 0.05) is 0 Å². The van der Waals surface area contributed by atoms with Gasteiger partial charge in [-0.1, -0.05) is 78.9 Å². The minimum absolute atomic E-state index is 0.122. The first-order valence-electron chi connectivity index (χ1n) is 8.06. The molecule has 0 aromatic heterocycles. The van der Waals surface area contributed by atoms with Crippen molar-refractivity contribution in [1.82, 2.24) is 0 Å². The lowest BCUT2D eigenvalue weighted by Gasteiger charge is -2.43.